The van der Waals surface area contributed by atoms with Crippen molar-refractivity contribution in [1.29, 1.82) is 0 Å². The summed E-state index contributed by atoms with van der Waals surface area (Å²) < 4.78 is 0.954. The Labute approximate surface area is 81.8 Å². The number of rotatable bonds is 0. The summed E-state index contributed by atoms with van der Waals surface area (Å²) in [5.74, 6) is 0. The Balaban J connectivity index is 0.000000461. The van der Waals surface area contributed by atoms with Gasteiger partial charge >= 0.3 is 6.09 Å². The van der Waals surface area contributed by atoms with Gasteiger partial charge in [0, 0.05) is 5.39 Å². The molecule has 1 heterocycles. The molecule has 0 saturated heterocycles. The lowest BCUT2D eigenvalue weighted by Gasteiger charge is -1.93. The molecule has 0 bridgehead atoms. The summed E-state index contributed by atoms with van der Waals surface area (Å²) in [6.45, 7) is 4.00. The first-order chi connectivity index (χ1) is 6.79. The van der Waals surface area contributed by atoms with Gasteiger partial charge in [-0.3, -0.25) is 0 Å². The molecule has 1 aromatic heterocycles. The molecule has 0 aliphatic heterocycles. The molecule has 0 atom stereocenters. The molecular weight excluding hydrogens is 180 g/mol. The maximum absolute atomic E-state index is 10.6. The van der Waals surface area contributed by atoms with Gasteiger partial charge in [0.15, 0.2) is 0 Å². The smallest absolute Gasteiger partial charge is 0.432 e. The quantitative estimate of drug-likeness (QED) is 0.698. The summed E-state index contributed by atoms with van der Waals surface area (Å²) in [4.78, 5) is 10.6. The molecule has 0 aliphatic carbocycles. The number of fused-ring (bicyclic) bond motifs is 1. The van der Waals surface area contributed by atoms with Crippen molar-refractivity contribution in [3.8, 4) is 0 Å². The van der Waals surface area contributed by atoms with E-state index in [9.17, 15) is 4.79 Å². The van der Waals surface area contributed by atoms with Gasteiger partial charge in [-0.1, -0.05) is 32.0 Å². The molecule has 1 N–H and O–H groups in total. The molecule has 4 nitrogen and oxygen atoms in total. The van der Waals surface area contributed by atoms with Gasteiger partial charge in [0.05, 0.1) is 11.7 Å². The highest BCUT2D eigenvalue weighted by molar-refractivity contribution is 5.86. The zero-order valence-corrected chi connectivity index (χ0v) is 8.14. The van der Waals surface area contributed by atoms with Crippen LogP contribution in [0.15, 0.2) is 30.5 Å². The maximum atomic E-state index is 10.6. The first kappa shape index (κ1) is 10.2. The number of carboxylic acid groups (broad SMARTS) is 1. The fourth-order valence-electron chi connectivity index (χ4n) is 1.12. The van der Waals surface area contributed by atoms with Gasteiger partial charge < -0.3 is 5.11 Å². The maximum Gasteiger partial charge on any atom is 0.432 e. The minimum Gasteiger partial charge on any atom is -0.463 e. The highest BCUT2D eigenvalue weighted by Gasteiger charge is 2.06. The molecule has 0 aliphatic rings. The van der Waals surface area contributed by atoms with Crippen molar-refractivity contribution in [1.82, 2.24) is 9.78 Å². The number of benzene rings is 1. The van der Waals surface area contributed by atoms with E-state index in [0.29, 0.717) is 5.52 Å². The van der Waals surface area contributed by atoms with E-state index in [-0.39, 0.29) is 0 Å². The van der Waals surface area contributed by atoms with Crippen molar-refractivity contribution in [3.05, 3.63) is 30.5 Å². The lowest BCUT2D eigenvalue weighted by atomic mass is 10.3. The van der Waals surface area contributed by atoms with Crippen molar-refractivity contribution in [2.45, 2.75) is 13.8 Å². The van der Waals surface area contributed by atoms with Crippen LogP contribution in [0, 0.1) is 0 Å². The van der Waals surface area contributed by atoms with Crippen LogP contribution in [0.4, 0.5) is 4.79 Å². The van der Waals surface area contributed by atoms with Crippen LogP contribution < -0.4 is 0 Å². The largest absolute Gasteiger partial charge is 0.463 e. The number of carbonyl (C=O) groups is 1. The highest BCUT2D eigenvalue weighted by Crippen LogP contribution is 2.11. The Morgan fingerprint density at radius 3 is 2.64 bits per heavy atom. The molecule has 0 saturated carbocycles. The lowest BCUT2D eigenvalue weighted by molar-refractivity contribution is 0.194. The fraction of sp³-hybridized carbons (Fsp3) is 0.200. The molecule has 0 unspecified atom stereocenters. The van der Waals surface area contributed by atoms with Gasteiger partial charge in [-0.2, -0.15) is 9.78 Å². The van der Waals surface area contributed by atoms with E-state index in [4.69, 9.17) is 5.11 Å². The van der Waals surface area contributed by atoms with Crippen LogP contribution in [-0.2, 0) is 0 Å². The number of aromatic nitrogens is 2. The molecule has 14 heavy (non-hydrogen) atoms. The standard InChI is InChI=1S/C8H6N2O2.C2H6/c11-8(12)10-7-4-2-1-3-6(7)5-9-10;1-2/h1-5H,(H,11,12);1-2H3. The van der Waals surface area contributed by atoms with Crippen LogP contribution in [-0.4, -0.2) is 21.0 Å². The summed E-state index contributed by atoms with van der Waals surface area (Å²) in [5.41, 5.74) is 0.616. The number of para-hydroxylation sites is 1. The Kier molecular flexibility index (Phi) is 3.23. The van der Waals surface area contributed by atoms with Crippen LogP contribution in [0.25, 0.3) is 10.9 Å². The van der Waals surface area contributed by atoms with Crippen molar-refractivity contribution >= 4 is 17.0 Å². The minimum atomic E-state index is -1.06. The summed E-state index contributed by atoms with van der Waals surface area (Å²) in [6, 6.07) is 7.16. The molecule has 2 aromatic rings. The van der Waals surface area contributed by atoms with E-state index >= 15 is 0 Å². The van der Waals surface area contributed by atoms with E-state index in [1.54, 1.807) is 12.1 Å². The SMILES string of the molecule is CC.O=C(O)n1ncc2ccccc21. The molecule has 0 radical (unpaired) electrons. The Bertz CT molecular complexity index is 434. The van der Waals surface area contributed by atoms with Gasteiger partial charge in [0.25, 0.3) is 0 Å². The highest BCUT2D eigenvalue weighted by atomic mass is 16.4. The van der Waals surface area contributed by atoms with Gasteiger partial charge in [0.1, 0.15) is 0 Å². The van der Waals surface area contributed by atoms with Crippen LogP contribution in [0.5, 0.6) is 0 Å². The summed E-state index contributed by atoms with van der Waals surface area (Å²) in [5, 5.41) is 13.2. The van der Waals surface area contributed by atoms with Gasteiger partial charge in [-0.15, -0.1) is 0 Å². The zero-order chi connectivity index (χ0) is 10.6. The van der Waals surface area contributed by atoms with Crippen LogP contribution in [0.2, 0.25) is 0 Å². The van der Waals surface area contributed by atoms with Gasteiger partial charge in [-0.25, -0.2) is 4.79 Å². The number of hydrogen-bond donors (Lipinski definition) is 1. The predicted molar refractivity (Wildman–Crippen MR) is 54.5 cm³/mol. The molecule has 2 rings (SSSR count). The first-order valence-electron chi connectivity index (χ1n) is 4.45. The van der Waals surface area contributed by atoms with Crippen molar-refractivity contribution < 1.29 is 9.90 Å². The molecule has 1 aromatic carbocycles. The van der Waals surface area contributed by atoms with Crippen LogP contribution in [0.1, 0.15) is 13.8 Å². The predicted octanol–water partition coefficient (Wildman–Crippen LogP) is 2.59. The Morgan fingerprint density at radius 1 is 1.36 bits per heavy atom. The molecule has 4 heteroatoms. The number of nitrogens with zero attached hydrogens (tertiary/aromatic N) is 2. The van der Waals surface area contributed by atoms with E-state index < -0.39 is 6.09 Å². The lowest BCUT2D eigenvalue weighted by Crippen LogP contribution is -2.08. The average Bonchev–Trinajstić information content (AvgIpc) is 2.64. The monoisotopic (exact) mass is 192 g/mol. The fourth-order valence-corrected chi connectivity index (χ4v) is 1.12. The molecule has 74 valence electrons. The van der Waals surface area contributed by atoms with Crippen LogP contribution in [0.3, 0.4) is 0 Å². The summed E-state index contributed by atoms with van der Waals surface area (Å²) in [7, 11) is 0. The van der Waals surface area contributed by atoms with Gasteiger partial charge in [-0.05, 0) is 6.07 Å². The second-order valence-corrected chi connectivity index (χ2v) is 2.40. The third kappa shape index (κ3) is 1.74. The molecule has 0 fully saturated rings. The Morgan fingerprint density at radius 2 is 2.00 bits per heavy atom. The Hall–Kier alpha value is -1.84. The van der Waals surface area contributed by atoms with Crippen molar-refractivity contribution in [2.75, 3.05) is 0 Å². The molecular formula is C10H12N2O2. The topological polar surface area (TPSA) is 55.1 Å². The van der Waals surface area contributed by atoms with E-state index in [1.165, 1.54) is 6.20 Å². The first-order valence-corrected chi connectivity index (χ1v) is 4.45. The van der Waals surface area contributed by atoms with E-state index in [1.807, 2.05) is 26.0 Å². The normalized spacial score (nSPS) is 9.29. The average molecular weight is 192 g/mol. The third-order valence-corrected chi connectivity index (χ3v) is 1.66. The van der Waals surface area contributed by atoms with Gasteiger partial charge in [0.2, 0.25) is 0 Å². The minimum absolute atomic E-state index is 0.616. The van der Waals surface area contributed by atoms with Crippen LogP contribution >= 0.6 is 0 Å². The third-order valence-electron chi connectivity index (χ3n) is 1.66. The van der Waals surface area contributed by atoms with E-state index in [0.717, 1.165) is 10.1 Å². The van der Waals surface area contributed by atoms with Crippen molar-refractivity contribution in [3.63, 3.8) is 0 Å². The zero-order valence-electron chi connectivity index (χ0n) is 8.14. The molecule has 0 spiro atoms. The summed E-state index contributed by atoms with van der Waals surface area (Å²) in [6.07, 6.45) is 0.472. The molecule has 0 amide bonds. The van der Waals surface area contributed by atoms with Crippen molar-refractivity contribution in [2.24, 2.45) is 0 Å². The summed E-state index contributed by atoms with van der Waals surface area (Å²) >= 11 is 0. The second kappa shape index (κ2) is 4.41. The number of hydrogen-bond acceptors (Lipinski definition) is 2. The van der Waals surface area contributed by atoms with E-state index in [2.05, 4.69) is 5.10 Å². The second-order valence-electron chi connectivity index (χ2n) is 2.40.